The third-order valence-electron chi connectivity index (χ3n) is 2.01. The van der Waals surface area contributed by atoms with E-state index in [0.717, 1.165) is 17.8 Å². The van der Waals surface area contributed by atoms with Crippen LogP contribution in [0.4, 0.5) is 10.1 Å². The molecule has 0 fully saturated rings. The number of ether oxygens (including phenoxy) is 1. The first kappa shape index (κ1) is 13.7. The summed E-state index contributed by atoms with van der Waals surface area (Å²) in [6, 6.07) is 2.35. The largest absolute Gasteiger partial charge is 0.497 e. The molecule has 1 aromatic carbocycles. The first-order valence-electron chi connectivity index (χ1n) is 4.79. The second-order valence-corrected chi connectivity index (χ2v) is 4.80. The zero-order chi connectivity index (χ0) is 13.0. The maximum absolute atomic E-state index is 13.5. The Kier molecular flexibility index (Phi) is 4.71. The minimum absolute atomic E-state index is 0.147. The first-order valence-corrected chi connectivity index (χ1v) is 5.67. The van der Waals surface area contributed by atoms with E-state index in [1.54, 1.807) is 6.92 Å². The molecular weight excluding hydrogens is 249 g/mol. The van der Waals surface area contributed by atoms with Crippen molar-refractivity contribution in [1.82, 2.24) is 0 Å². The summed E-state index contributed by atoms with van der Waals surface area (Å²) in [6.45, 7) is 1.53. The number of nitro groups is 1. The van der Waals surface area contributed by atoms with Crippen molar-refractivity contribution in [1.29, 1.82) is 0 Å². The minimum atomic E-state index is -0.943. The third-order valence-corrected chi connectivity index (χ3v) is 3.12. The molecule has 94 valence electrons. The SMILES string of the molecule is COc1cc(F)c([N+](=O)[O-])c(SC(C)CO)c1. The predicted octanol–water partition coefficient (Wildman–Crippen LogP) is 2.22. The molecular formula is C10H12FNO4S. The highest BCUT2D eigenvalue weighted by Crippen LogP contribution is 2.37. The Morgan fingerprint density at radius 1 is 1.65 bits per heavy atom. The van der Waals surface area contributed by atoms with E-state index in [-0.39, 0.29) is 22.5 Å². The highest BCUT2D eigenvalue weighted by atomic mass is 32.2. The van der Waals surface area contributed by atoms with Gasteiger partial charge in [0.1, 0.15) is 5.75 Å². The molecule has 0 spiro atoms. The van der Waals surface area contributed by atoms with E-state index in [0.29, 0.717) is 0 Å². The highest BCUT2D eigenvalue weighted by molar-refractivity contribution is 8.00. The van der Waals surface area contributed by atoms with Gasteiger partial charge in [0.15, 0.2) is 0 Å². The number of rotatable bonds is 5. The van der Waals surface area contributed by atoms with Gasteiger partial charge in [-0.1, -0.05) is 6.92 Å². The number of hydrogen-bond acceptors (Lipinski definition) is 5. The summed E-state index contributed by atoms with van der Waals surface area (Å²) >= 11 is 1.03. The van der Waals surface area contributed by atoms with Gasteiger partial charge < -0.3 is 9.84 Å². The van der Waals surface area contributed by atoms with E-state index < -0.39 is 16.4 Å². The van der Waals surface area contributed by atoms with Crippen molar-refractivity contribution in [2.75, 3.05) is 13.7 Å². The van der Waals surface area contributed by atoms with Crippen molar-refractivity contribution < 1.29 is 19.2 Å². The Balaban J connectivity index is 3.22. The number of aliphatic hydroxyl groups excluding tert-OH is 1. The summed E-state index contributed by atoms with van der Waals surface area (Å²) < 4.78 is 18.4. The molecule has 0 aliphatic carbocycles. The number of nitrogens with zero attached hydrogens (tertiary/aromatic N) is 1. The summed E-state index contributed by atoms with van der Waals surface area (Å²) in [4.78, 5) is 10.1. The molecule has 5 nitrogen and oxygen atoms in total. The third kappa shape index (κ3) is 3.31. The normalized spacial score (nSPS) is 12.2. The maximum atomic E-state index is 13.5. The molecule has 0 saturated carbocycles. The monoisotopic (exact) mass is 261 g/mol. The van der Waals surface area contributed by atoms with Crippen LogP contribution < -0.4 is 4.74 Å². The topological polar surface area (TPSA) is 72.6 Å². The van der Waals surface area contributed by atoms with Crippen LogP contribution in [0, 0.1) is 15.9 Å². The van der Waals surface area contributed by atoms with Gasteiger partial charge in [0.25, 0.3) is 0 Å². The molecule has 0 bridgehead atoms. The van der Waals surface area contributed by atoms with Gasteiger partial charge in [-0.2, -0.15) is 4.39 Å². The Bertz CT molecular complexity index is 427. The zero-order valence-corrected chi connectivity index (χ0v) is 10.2. The Morgan fingerprint density at radius 3 is 2.76 bits per heavy atom. The lowest BCUT2D eigenvalue weighted by atomic mass is 10.3. The lowest BCUT2D eigenvalue weighted by Gasteiger charge is -2.10. The quantitative estimate of drug-likeness (QED) is 0.500. The standard InChI is InChI=1S/C10H12FNO4S/c1-6(5-13)17-9-4-7(16-2)3-8(11)10(9)12(14)15/h3-4,6,13H,5H2,1-2H3. The van der Waals surface area contributed by atoms with E-state index in [2.05, 4.69) is 0 Å². The number of benzene rings is 1. The smallest absolute Gasteiger partial charge is 0.318 e. The van der Waals surface area contributed by atoms with E-state index >= 15 is 0 Å². The Morgan fingerprint density at radius 2 is 2.29 bits per heavy atom. The van der Waals surface area contributed by atoms with Crippen LogP contribution in [0.15, 0.2) is 17.0 Å². The van der Waals surface area contributed by atoms with Gasteiger partial charge in [-0.3, -0.25) is 10.1 Å². The molecule has 7 heteroatoms. The molecule has 17 heavy (non-hydrogen) atoms. The van der Waals surface area contributed by atoms with Gasteiger partial charge >= 0.3 is 5.69 Å². The molecule has 0 saturated heterocycles. The maximum Gasteiger partial charge on any atom is 0.318 e. The van der Waals surface area contributed by atoms with Gasteiger partial charge in [-0.15, -0.1) is 11.8 Å². The molecule has 0 aliphatic rings. The fourth-order valence-electron chi connectivity index (χ4n) is 1.19. The van der Waals surface area contributed by atoms with Gasteiger partial charge in [-0.05, 0) is 0 Å². The van der Waals surface area contributed by atoms with Crippen LogP contribution in [0.3, 0.4) is 0 Å². The molecule has 0 heterocycles. The van der Waals surface area contributed by atoms with Gasteiger partial charge in [0.2, 0.25) is 5.82 Å². The van der Waals surface area contributed by atoms with E-state index in [9.17, 15) is 14.5 Å². The van der Waals surface area contributed by atoms with Crippen molar-refractivity contribution in [3.63, 3.8) is 0 Å². The van der Waals surface area contributed by atoms with E-state index in [1.165, 1.54) is 13.2 Å². The molecule has 0 amide bonds. The second kappa shape index (κ2) is 5.83. The lowest BCUT2D eigenvalue weighted by molar-refractivity contribution is -0.390. The van der Waals surface area contributed by atoms with Gasteiger partial charge in [0, 0.05) is 17.4 Å². The summed E-state index contributed by atoms with van der Waals surface area (Å²) in [5.41, 5.74) is -0.587. The number of aliphatic hydroxyl groups is 1. The number of thioether (sulfide) groups is 1. The fraction of sp³-hybridized carbons (Fsp3) is 0.400. The number of hydrogen-bond donors (Lipinski definition) is 1. The van der Waals surface area contributed by atoms with Crippen LogP contribution in [-0.2, 0) is 0 Å². The number of methoxy groups -OCH3 is 1. The number of halogens is 1. The zero-order valence-electron chi connectivity index (χ0n) is 9.34. The van der Waals surface area contributed by atoms with Gasteiger partial charge in [-0.25, -0.2) is 0 Å². The lowest BCUT2D eigenvalue weighted by Crippen LogP contribution is -2.04. The summed E-state index contributed by atoms with van der Waals surface area (Å²) in [6.07, 6.45) is 0. The first-order chi connectivity index (χ1) is 7.99. The molecule has 1 N–H and O–H groups in total. The van der Waals surface area contributed by atoms with Gasteiger partial charge in [0.05, 0.1) is 23.5 Å². The average Bonchev–Trinajstić information content (AvgIpc) is 2.27. The van der Waals surface area contributed by atoms with Crippen LogP contribution in [-0.4, -0.2) is 29.0 Å². The van der Waals surface area contributed by atoms with Crippen LogP contribution in [0.25, 0.3) is 0 Å². The average molecular weight is 261 g/mol. The molecule has 0 aromatic heterocycles. The van der Waals surface area contributed by atoms with E-state index in [1.807, 2.05) is 0 Å². The van der Waals surface area contributed by atoms with Crippen molar-refractivity contribution in [2.45, 2.75) is 17.1 Å². The van der Waals surface area contributed by atoms with Crippen molar-refractivity contribution in [3.8, 4) is 5.75 Å². The summed E-state index contributed by atoms with van der Waals surface area (Å²) in [7, 11) is 1.35. The predicted molar refractivity (Wildman–Crippen MR) is 62.0 cm³/mol. The molecule has 0 radical (unpaired) electrons. The molecule has 1 rings (SSSR count). The van der Waals surface area contributed by atoms with Crippen molar-refractivity contribution in [3.05, 3.63) is 28.1 Å². The Labute approximate surface area is 102 Å². The van der Waals surface area contributed by atoms with Crippen LogP contribution in [0.2, 0.25) is 0 Å². The Hall–Kier alpha value is -1.34. The second-order valence-electron chi connectivity index (χ2n) is 3.32. The summed E-state index contributed by atoms with van der Waals surface area (Å²) in [5.74, 6) is -0.734. The molecule has 1 aromatic rings. The van der Waals surface area contributed by atoms with Crippen LogP contribution >= 0.6 is 11.8 Å². The molecule has 1 unspecified atom stereocenters. The highest BCUT2D eigenvalue weighted by Gasteiger charge is 2.23. The molecule has 0 aliphatic heterocycles. The van der Waals surface area contributed by atoms with E-state index in [4.69, 9.17) is 9.84 Å². The number of nitro benzene ring substituents is 1. The minimum Gasteiger partial charge on any atom is -0.497 e. The van der Waals surface area contributed by atoms with Crippen LogP contribution in [0.1, 0.15) is 6.92 Å². The van der Waals surface area contributed by atoms with Crippen LogP contribution in [0.5, 0.6) is 5.75 Å². The summed E-state index contributed by atoms with van der Waals surface area (Å²) in [5, 5.41) is 19.4. The van der Waals surface area contributed by atoms with Crippen molar-refractivity contribution >= 4 is 17.4 Å². The van der Waals surface area contributed by atoms with Crippen molar-refractivity contribution in [2.24, 2.45) is 0 Å². The fourth-order valence-corrected chi connectivity index (χ4v) is 2.16. The molecule has 1 atom stereocenters.